The maximum atomic E-state index is 5.58. The molecule has 1 aromatic rings. The standard InChI is InChI=1S/C14H25N5O/c1-11(2)20-14-7-13(16-10-17-14)15-8-12-9-18(3)5-6-19(12)4/h7,10-12H,5-6,8-9H2,1-4H3,(H,15,16,17). The fourth-order valence-electron chi connectivity index (χ4n) is 2.29. The highest BCUT2D eigenvalue weighted by Gasteiger charge is 2.21. The van der Waals surface area contributed by atoms with Crippen LogP contribution < -0.4 is 10.1 Å². The number of likely N-dealkylation sites (N-methyl/N-ethyl adjacent to an activating group) is 2. The number of hydrogen-bond acceptors (Lipinski definition) is 6. The van der Waals surface area contributed by atoms with Crippen molar-refractivity contribution in [3.8, 4) is 5.88 Å². The molecule has 6 nitrogen and oxygen atoms in total. The fourth-order valence-corrected chi connectivity index (χ4v) is 2.29. The Balaban J connectivity index is 1.89. The smallest absolute Gasteiger partial charge is 0.218 e. The second-order valence-corrected chi connectivity index (χ2v) is 5.69. The summed E-state index contributed by atoms with van der Waals surface area (Å²) in [5.41, 5.74) is 0. The Morgan fingerprint density at radius 1 is 1.35 bits per heavy atom. The molecule has 1 aromatic heterocycles. The van der Waals surface area contributed by atoms with Crippen molar-refractivity contribution in [3.05, 3.63) is 12.4 Å². The second kappa shape index (κ2) is 6.85. The van der Waals surface area contributed by atoms with Gasteiger partial charge in [0.25, 0.3) is 0 Å². The van der Waals surface area contributed by atoms with Crippen molar-refractivity contribution in [2.24, 2.45) is 0 Å². The number of nitrogens with zero attached hydrogens (tertiary/aromatic N) is 4. The summed E-state index contributed by atoms with van der Waals surface area (Å²) >= 11 is 0. The number of anilines is 1. The molecule has 1 fully saturated rings. The van der Waals surface area contributed by atoms with Crippen LogP contribution in [0.2, 0.25) is 0 Å². The maximum absolute atomic E-state index is 5.58. The van der Waals surface area contributed by atoms with Crippen LogP contribution in [0.5, 0.6) is 5.88 Å². The molecular weight excluding hydrogens is 254 g/mol. The van der Waals surface area contributed by atoms with Gasteiger partial charge in [-0.1, -0.05) is 0 Å². The molecule has 0 amide bonds. The number of hydrogen-bond donors (Lipinski definition) is 1. The second-order valence-electron chi connectivity index (χ2n) is 5.69. The van der Waals surface area contributed by atoms with Crippen LogP contribution in [-0.2, 0) is 0 Å². The Kier molecular flexibility index (Phi) is 5.14. The molecule has 0 aromatic carbocycles. The minimum atomic E-state index is 0.121. The summed E-state index contributed by atoms with van der Waals surface area (Å²) in [5, 5.41) is 3.38. The van der Waals surface area contributed by atoms with Crippen molar-refractivity contribution in [2.45, 2.75) is 26.0 Å². The van der Waals surface area contributed by atoms with E-state index in [2.05, 4.69) is 39.2 Å². The Morgan fingerprint density at radius 3 is 2.90 bits per heavy atom. The van der Waals surface area contributed by atoms with E-state index >= 15 is 0 Å². The molecule has 2 heterocycles. The minimum Gasteiger partial charge on any atom is -0.475 e. The Morgan fingerprint density at radius 2 is 2.15 bits per heavy atom. The molecular formula is C14H25N5O. The summed E-state index contributed by atoms with van der Waals surface area (Å²) in [6.45, 7) is 8.16. The molecule has 2 rings (SSSR count). The zero-order valence-electron chi connectivity index (χ0n) is 12.8. The summed E-state index contributed by atoms with van der Waals surface area (Å²) in [4.78, 5) is 13.1. The van der Waals surface area contributed by atoms with E-state index in [4.69, 9.17) is 4.74 Å². The van der Waals surface area contributed by atoms with E-state index in [0.29, 0.717) is 11.9 Å². The van der Waals surface area contributed by atoms with Gasteiger partial charge < -0.3 is 15.0 Å². The number of nitrogens with one attached hydrogen (secondary N) is 1. The van der Waals surface area contributed by atoms with E-state index < -0.39 is 0 Å². The molecule has 1 aliphatic heterocycles. The zero-order chi connectivity index (χ0) is 14.5. The lowest BCUT2D eigenvalue weighted by molar-refractivity contribution is 0.122. The number of rotatable bonds is 5. The van der Waals surface area contributed by atoms with Crippen LogP contribution in [0.25, 0.3) is 0 Å². The minimum absolute atomic E-state index is 0.121. The normalized spacial score (nSPS) is 21.1. The van der Waals surface area contributed by atoms with E-state index in [1.54, 1.807) is 0 Å². The molecule has 1 saturated heterocycles. The topological polar surface area (TPSA) is 53.5 Å². The lowest BCUT2D eigenvalue weighted by Crippen LogP contribution is -2.52. The monoisotopic (exact) mass is 279 g/mol. The van der Waals surface area contributed by atoms with Crippen LogP contribution in [0.1, 0.15) is 13.8 Å². The molecule has 1 unspecified atom stereocenters. The lowest BCUT2D eigenvalue weighted by atomic mass is 10.2. The van der Waals surface area contributed by atoms with Gasteiger partial charge in [-0.2, -0.15) is 0 Å². The average Bonchev–Trinajstić information content (AvgIpc) is 2.39. The molecule has 20 heavy (non-hydrogen) atoms. The molecule has 0 aliphatic carbocycles. The zero-order valence-corrected chi connectivity index (χ0v) is 12.8. The molecule has 1 aliphatic rings. The molecule has 1 atom stereocenters. The molecule has 0 radical (unpaired) electrons. The van der Waals surface area contributed by atoms with Crippen molar-refractivity contribution >= 4 is 5.82 Å². The first-order valence-electron chi connectivity index (χ1n) is 7.16. The number of aromatic nitrogens is 2. The van der Waals surface area contributed by atoms with Crippen molar-refractivity contribution < 1.29 is 4.74 Å². The van der Waals surface area contributed by atoms with Gasteiger partial charge >= 0.3 is 0 Å². The van der Waals surface area contributed by atoms with Crippen LogP contribution in [0.4, 0.5) is 5.82 Å². The van der Waals surface area contributed by atoms with Crippen LogP contribution >= 0.6 is 0 Å². The van der Waals surface area contributed by atoms with Crippen LogP contribution in [-0.4, -0.2) is 72.2 Å². The van der Waals surface area contributed by atoms with Crippen molar-refractivity contribution in [2.75, 3.05) is 45.6 Å². The summed E-state index contributed by atoms with van der Waals surface area (Å²) in [6, 6.07) is 2.35. The Labute approximate surface area is 121 Å². The highest BCUT2D eigenvalue weighted by atomic mass is 16.5. The Bertz CT molecular complexity index is 426. The molecule has 0 spiro atoms. The van der Waals surface area contributed by atoms with E-state index in [9.17, 15) is 0 Å². The van der Waals surface area contributed by atoms with Gasteiger partial charge in [-0.3, -0.25) is 4.90 Å². The molecule has 1 N–H and O–H groups in total. The molecule has 0 saturated carbocycles. The number of ether oxygens (including phenoxy) is 1. The van der Waals surface area contributed by atoms with E-state index in [1.807, 2.05) is 19.9 Å². The summed E-state index contributed by atoms with van der Waals surface area (Å²) in [6.07, 6.45) is 1.66. The van der Waals surface area contributed by atoms with Crippen LogP contribution in [0, 0.1) is 0 Å². The molecule has 112 valence electrons. The lowest BCUT2D eigenvalue weighted by Gasteiger charge is -2.37. The predicted molar refractivity (Wildman–Crippen MR) is 80.2 cm³/mol. The average molecular weight is 279 g/mol. The third-order valence-electron chi connectivity index (χ3n) is 3.50. The van der Waals surface area contributed by atoms with Gasteiger partial charge in [-0.25, -0.2) is 9.97 Å². The van der Waals surface area contributed by atoms with Crippen LogP contribution in [0.3, 0.4) is 0 Å². The third kappa shape index (κ3) is 4.31. The van der Waals surface area contributed by atoms with Crippen molar-refractivity contribution in [3.63, 3.8) is 0 Å². The van der Waals surface area contributed by atoms with Crippen molar-refractivity contribution in [1.29, 1.82) is 0 Å². The van der Waals surface area contributed by atoms with Gasteiger partial charge in [-0.05, 0) is 27.9 Å². The van der Waals surface area contributed by atoms with Crippen LogP contribution in [0.15, 0.2) is 12.4 Å². The fraction of sp³-hybridized carbons (Fsp3) is 0.714. The highest BCUT2D eigenvalue weighted by molar-refractivity contribution is 5.37. The van der Waals surface area contributed by atoms with Gasteiger partial charge in [0, 0.05) is 38.3 Å². The molecule has 6 heteroatoms. The van der Waals surface area contributed by atoms with Gasteiger partial charge in [0.2, 0.25) is 5.88 Å². The summed E-state index contributed by atoms with van der Waals surface area (Å²) in [5.74, 6) is 1.43. The highest BCUT2D eigenvalue weighted by Crippen LogP contribution is 2.13. The van der Waals surface area contributed by atoms with E-state index in [0.717, 1.165) is 32.0 Å². The first-order chi connectivity index (χ1) is 9.54. The Hall–Kier alpha value is -1.40. The summed E-state index contributed by atoms with van der Waals surface area (Å²) in [7, 11) is 4.34. The first-order valence-corrected chi connectivity index (χ1v) is 7.16. The maximum Gasteiger partial charge on any atom is 0.218 e. The SMILES string of the molecule is CC(C)Oc1cc(NCC2CN(C)CCN2C)ncn1. The third-order valence-corrected chi connectivity index (χ3v) is 3.50. The van der Waals surface area contributed by atoms with E-state index in [-0.39, 0.29) is 6.10 Å². The largest absolute Gasteiger partial charge is 0.475 e. The molecule has 0 bridgehead atoms. The first kappa shape index (κ1) is 15.0. The summed E-state index contributed by atoms with van der Waals surface area (Å²) < 4.78 is 5.58. The van der Waals surface area contributed by atoms with Gasteiger partial charge in [0.1, 0.15) is 12.1 Å². The van der Waals surface area contributed by atoms with Gasteiger partial charge in [-0.15, -0.1) is 0 Å². The van der Waals surface area contributed by atoms with Crippen molar-refractivity contribution in [1.82, 2.24) is 19.8 Å². The van der Waals surface area contributed by atoms with Gasteiger partial charge in [0.05, 0.1) is 6.10 Å². The number of piperazine rings is 1. The predicted octanol–water partition coefficient (Wildman–Crippen LogP) is 0.922. The van der Waals surface area contributed by atoms with Gasteiger partial charge in [0.15, 0.2) is 0 Å². The quantitative estimate of drug-likeness (QED) is 0.865. The van der Waals surface area contributed by atoms with E-state index in [1.165, 1.54) is 6.33 Å².